The van der Waals surface area contributed by atoms with E-state index in [1.165, 1.54) is 11.8 Å². The van der Waals surface area contributed by atoms with E-state index in [4.69, 9.17) is 16.9 Å². The summed E-state index contributed by atoms with van der Waals surface area (Å²) in [6, 6.07) is 6.77. The predicted octanol–water partition coefficient (Wildman–Crippen LogP) is 3.33. The summed E-state index contributed by atoms with van der Waals surface area (Å²) >= 11 is 7.26. The molecular formula is C15H14ClN5OS. The number of nitrogens with zero attached hydrogens (tertiary/aromatic N) is 3. The summed E-state index contributed by atoms with van der Waals surface area (Å²) in [6.07, 6.45) is 2.30. The maximum Gasteiger partial charge on any atom is 0.237 e. The summed E-state index contributed by atoms with van der Waals surface area (Å²) in [7, 11) is 0. The maximum absolute atomic E-state index is 12.2. The number of aromatic nitrogens is 3. The highest BCUT2D eigenvalue weighted by molar-refractivity contribution is 8.00. The Morgan fingerprint density at radius 1 is 1.57 bits per heavy atom. The Hall–Kier alpha value is -2.04. The number of thioether (sulfide) groups is 1. The molecule has 1 aromatic heterocycles. The first-order valence-corrected chi connectivity index (χ1v) is 8.42. The number of H-pyrrole nitrogens is 1. The van der Waals surface area contributed by atoms with E-state index in [1.54, 1.807) is 25.1 Å². The number of aromatic amines is 1. The number of hydrogen-bond donors (Lipinski definition) is 2. The largest absolute Gasteiger partial charge is 0.325 e. The number of amides is 1. The van der Waals surface area contributed by atoms with Crippen LogP contribution in [0.2, 0.25) is 5.02 Å². The van der Waals surface area contributed by atoms with Gasteiger partial charge in [-0.25, -0.2) is 4.98 Å². The van der Waals surface area contributed by atoms with Gasteiger partial charge in [-0.1, -0.05) is 23.4 Å². The third-order valence-electron chi connectivity index (χ3n) is 3.45. The summed E-state index contributed by atoms with van der Waals surface area (Å²) in [5, 5.41) is 19.2. The highest BCUT2D eigenvalue weighted by Crippen LogP contribution is 2.38. The lowest BCUT2D eigenvalue weighted by atomic mass is 10.2. The predicted molar refractivity (Wildman–Crippen MR) is 88.5 cm³/mol. The Morgan fingerprint density at radius 3 is 3.00 bits per heavy atom. The molecule has 8 heteroatoms. The first-order chi connectivity index (χ1) is 11.1. The molecule has 1 heterocycles. The van der Waals surface area contributed by atoms with Crippen molar-refractivity contribution < 1.29 is 4.79 Å². The van der Waals surface area contributed by atoms with Crippen molar-refractivity contribution in [3.05, 3.63) is 34.6 Å². The molecular weight excluding hydrogens is 334 g/mol. The lowest BCUT2D eigenvalue weighted by Gasteiger charge is -2.10. The van der Waals surface area contributed by atoms with Crippen LogP contribution in [0.15, 0.2) is 23.4 Å². The van der Waals surface area contributed by atoms with Gasteiger partial charge in [-0.15, -0.1) is 5.10 Å². The molecule has 118 valence electrons. The topological polar surface area (TPSA) is 94.5 Å². The van der Waals surface area contributed by atoms with Crippen molar-refractivity contribution in [2.75, 3.05) is 5.32 Å². The zero-order valence-electron chi connectivity index (χ0n) is 12.3. The molecule has 23 heavy (non-hydrogen) atoms. The van der Waals surface area contributed by atoms with Gasteiger partial charge in [0.1, 0.15) is 11.9 Å². The Balaban J connectivity index is 1.60. The second kappa shape index (κ2) is 6.60. The van der Waals surface area contributed by atoms with Gasteiger partial charge >= 0.3 is 0 Å². The number of benzene rings is 1. The molecule has 6 nitrogen and oxygen atoms in total. The van der Waals surface area contributed by atoms with Crippen molar-refractivity contribution in [2.24, 2.45) is 0 Å². The van der Waals surface area contributed by atoms with E-state index in [0.717, 1.165) is 18.7 Å². The van der Waals surface area contributed by atoms with Crippen molar-refractivity contribution in [3.63, 3.8) is 0 Å². The summed E-state index contributed by atoms with van der Waals surface area (Å²) in [4.78, 5) is 16.6. The van der Waals surface area contributed by atoms with Gasteiger partial charge in [-0.05, 0) is 38.0 Å². The standard InChI is InChI=1S/C15H14ClN5OS/c1-8(23-15-19-13(20-21-15)9-2-3-9)14(22)18-11-5-4-10(7-17)12(16)6-11/h4-6,8-9H,2-3H2,1H3,(H,18,22)(H,19,20,21)/t8-/m0/s1. The molecule has 0 spiro atoms. The number of nitrogens with one attached hydrogen (secondary N) is 2. The van der Waals surface area contributed by atoms with Crippen LogP contribution in [0.1, 0.15) is 37.1 Å². The molecule has 0 radical (unpaired) electrons. The highest BCUT2D eigenvalue weighted by atomic mass is 35.5. The lowest BCUT2D eigenvalue weighted by molar-refractivity contribution is -0.115. The van der Waals surface area contributed by atoms with E-state index in [-0.39, 0.29) is 11.2 Å². The number of carbonyl (C=O) groups excluding carboxylic acids is 1. The van der Waals surface area contributed by atoms with Crippen molar-refractivity contribution >= 4 is 35.0 Å². The average molecular weight is 348 g/mol. The molecule has 3 rings (SSSR count). The molecule has 0 aliphatic heterocycles. The van der Waals surface area contributed by atoms with Crippen LogP contribution in [0.5, 0.6) is 0 Å². The Kier molecular flexibility index (Phi) is 4.55. The number of carbonyl (C=O) groups is 1. The van der Waals surface area contributed by atoms with Crippen molar-refractivity contribution in [1.29, 1.82) is 5.26 Å². The molecule has 0 saturated heterocycles. The lowest BCUT2D eigenvalue weighted by Crippen LogP contribution is -2.22. The SMILES string of the molecule is C[C@H](Sc1n[nH]c(C2CC2)n1)C(=O)Nc1ccc(C#N)c(Cl)c1. The van der Waals surface area contributed by atoms with Crippen molar-refractivity contribution in [3.8, 4) is 6.07 Å². The normalized spacial score (nSPS) is 15.0. The van der Waals surface area contributed by atoms with Gasteiger partial charge in [0, 0.05) is 11.6 Å². The van der Waals surface area contributed by atoms with Gasteiger partial charge in [-0.2, -0.15) is 5.26 Å². The van der Waals surface area contributed by atoms with Gasteiger partial charge in [0.15, 0.2) is 0 Å². The minimum atomic E-state index is -0.354. The molecule has 1 fully saturated rings. The van der Waals surface area contributed by atoms with Crippen molar-refractivity contribution in [1.82, 2.24) is 15.2 Å². The number of anilines is 1. The Morgan fingerprint density at radius 2 is 2.35 bits per heavy atom. The fourth-order valence-electron chi connectivity index (χ4n) is 1.99. The first kappa shape index (κ1) is 15.8. The molecule has 1 aliphatic rings. The number of hydrogen-bond acceptors (Lipinski definition) is 5. The number of rotatable bonds is 5. The van der Waals surface area contributed by atoms with E-state index in [2.05, 4.69) is 20.5 Å². The van der Waals surface area contributed by atoms with Gasteiger partial charge < -0.3 is 5.32 Å². The van der Waals surface area contributed by atoms with Crippen LogP contribution >= 0.6 is 23.4 Å². The first-order valence-electron chi connectivity index (χ1n) is 7.16. The zero-order valence-corrected chi connectivity index (χ0v) is 13.9. The fourth-order valence-corrected chi connectivity index (χ4v) is 2.94. The molecule has 1 aromatic carbocycles. The van der Waals surface area contributed by atoms with Gasteiger partial charge in [0.2, 0.25) is 11.1 Å². The number of nitriles is 1. The van der Waals surface area contributed by atoms with Crippen LogP contribution in [0, 0.1) is 11.3 Å². The zero-order chi connectivity index (χ0) is 16.4. The molecule has 1 saturated carbocycles. The second-order valence-electron chi connectivity index (χ2n) is 5.33. The van der Waals surface area contributed by atoms with E-state index >= 15 is 0 Å². The molecule has 1 atom stereocenters. The molecule has 1 amide bonds. The fraction of sp³-hybridized carbons (Fsp3) is 0.333. The second-order valence-corrected chi connectivity index (χ2v) is 7.05. The molecule has 2 N–H and O–H groups in total. The van der Waals surface area contributed by atoms with Crippen LogP contribution in [-0.2, 0) is 4.79 Å². The highest BCUT2D eigenvalue weighted by Gasteiger charge is 2.27. The Bertz CT molecular complexity index is 780. The van der Waals surface area contributed by atoms with Crippen LogP contribution < -0.4 is 5.32 Å². The minimum Gasteiger partial charge on any atom is -0.325 e. The molecule has 1 aliphatic carbocycles. The van der Waals surface area contributed by atoms with Gasteiger partial charge in [0.05, 0.1) is 15.8 Å². The van der Waals surface area contributed by atoms with E-state index in [1.807, 2.05) is 6.07 Å². The summed E-state index contributed by atoms with van der Waals surface area (Å²) < 4.78 is 0. The van der Waals surface area contributed by atoms with E-state index < -0.39 is 0 Å². The van der Waals surface area contributed by atoms with E-state index in [0.29, 0.717) is 27.3 Å². The molecule has 0 unspecified atom stereocenters. The third kappa shape index (κ3) is 3.84. The smallest absolute Gasteiger partial charge is 0.237 e. The summed E-state index contributed by atoms with van der Waals surface area (Å²) in [5.41, 5.74) is 0.931. The summed E-state index contributed by atoms with van der Waals surface area (Å²) in [5.74, 6) is 1.23. The molecule has 2 aromatic rings. The average Bonchev–Trinajstić information content (AvgIpc) is 3.27. The maximum atomic E-state index is 12.2. The van der Waals surface area contributed by atoms with Gasteiger partial charge in [-0.3, -0.25) is 9.89 Å². The van der Waals surface area contributed by atoms with Crippen molar-refractivity contribution in [2.45, 2.75) is 36.1 Å². The third-order valence-corrected chi connectivity index (χ3v) is 4.73. The van der Waals surface area contributed by atoms with Crippen LogP contribution in [0.3, 0.4) is 0 Å². The Labute approximate surface area is 142 Å². The summed E-state index contributed by atoms with van der Waals surface area (Å²) in [6.45, 7) is 1.79. The van der Waals surface area contributed by atoms with Gasteiger partial charge in [0.25, 0.3) is 0 Å². The van der Waals surface area contributed by atoms with Crippen LogP contribution in [-0.4, -0.2) is 26.3 Å². The van der Waals surface area contributed by atoms with E-state index in [9.17, 15) is 4.79 Å². The minimum absolute atomic E-state index is 0.173. The van der Waals surface area contributed by atoms with Crippen LogP contribution in [0.4, 0.5) is 5.69 Å². The molecule has 0 bridgehead atoms. The monoisotopic (exact) mass is 347 g/mol. The van der Waals surface area contributed by atoms with Crippen LogP contribution in [0.25, 0.3) is 0 Å². The number of halogens is 1. The quantitative estimate of drug-likeness (QED) is 0.809.